The molecule has 0 radical (unpaired) electrons. The van der Waals surface area contributed by atoms with E-state index in [1.807, 2.05) is 12.1 Å². The predicted octanol–water partition coefficient (Wildman–Crippen LogP) is 6.50. The third-order valence-electron chi connectivity index (χ3n) is 4.06. The Morgan fingerprint density at radius 2 is 1.21 bits per heavy atom. The standard InChI is InChI=1S/C23H25O4P/c1-23(2,3)17-18-9-11-19(12-10-18)20-13-15-22(16-14-20)27-28(24,25)26-21-7-5-4-6-8-21/h4-16H,17H2,1-3H3,(H,24,25). The molecule has 0 saturated heterocycles. The zero-order valence-corrected chi connectivity index (χ0v) is 17.2. The molecule has 0 aromatic heterocycles. The summed E-state index contributed by atoms with van der Waals surface area (Å²) in [7, 11) is -4.25. The summed E-state index contributed by atoms with van der Waals surface area (Å²) in [6.45, 7) is 6.67. The second kappa shape index (κ2) is 8.22. The minimum absolute atomic E-state index is 0.251. The van der Waals surface area contributed by atoms with Crippen LogP contribution in [0.15, 0.2) is 78.9 Å². The number of phosphoric ester groups is 1. The van der Waals surface area contributed by atoms with Gasteiger partial charge in [0.15, 0.2) is 0 Å². The second-order valence-corrected chi connectivity index (χ2v) is 9.23. The van der Waals surface area contributed by atoms with Crippen molar-refractivity contribution in [2.24, 2.45) is 5.41 Å². The van der Waals surface area contributed by atoms with Crippen LogP contribution in [-0.4, -0.2) is 4.89 Å². The molecule has 0 bridgehead atoms. The molecule has 3 aromatic carbocycles. The molecule has 0 spiro atoms. The lowest BCUT2D eigenvalue weighted by Crippen LogP contribution is -2.08. The summed E-state index contributed by atoms with van der Waals surface area (Å²) in [5, 5.41) is 0. The summed E-state index contributed by atoms with van der Waals surface area (Å²) in [5.41, 5.74) is 3.64. The van der Waals surface area contributed by atoms with Crippen molar-refractivity contribution in [3.63, 3.8) is 0 Å². The summed E-state index contributed by atoms with van der Waals surface area (Å²) in [6.07, 6.45) is 1.02. The van der Waals surface area contributed by atoms with E-state index in [0.717, 1.165) is 17.5 Å². The summed E-state index contributed by atoms with van der Waals surface area (Å²) in [4.78, 5) is 9.94. The molecule has 3 aromatic rings. The van der Waals surface area contributed by atoms with E-state index in [9.17, 15) is 9.46 Å². The van der Waals surface area contributed by atoms with E-state index in [-0.39, 0.29) is 16.9 Å². The van der Waals surface area contributed by atoms with Crippen LogP contribution >= 0.6 is 7.82 Å². The average Bonchev–Trinajstić information content (AvgIpc) is 2.62. The van der Waals surface area contributed by atoms with Gasteiger partial charge in [-0.3, -0.25) is 4.89 Å². The van der Waals surface area contributed by atoms with Crippen molar-refractivity contribution in [1.82, 2.24) is 0 Å². The first-order valence-corrected chi connectivity index (χ1v) is 10.7. The van der Waals surface area contributed by atoms with E-state index < -0.39 is 7.82 Å². The van der Waals surface area contributed by atoms with E-state index >= 15 is 0 Å². The van der Waals surface area contributed by atoms with Crippen LogP contribution in [0, 0.1) is 5.41 Å². The van der Waals surface area contributed by atoms with E-state index in [2.05, 4.69) is 45.0 Å². The van der Waals surface area contributed by atoms with Crippen LogP contribution in [0.1, 0.15) is 26.3 Å². The highest BCUT2D eigenvalue weighted by atomic mass is 31.2. The van der Waals surface area contributed by atoms with Crippen LogP contribution in [-0.2, 0) is 11.0 Å². The van der Waals surface area contributed by atoms with Gasteiger partial charge in [0.2, 0.25) is 0 Å². The van der Waals surface area contributed by atoms with Gasteiger partial charge in [0.05, 0.1) is 0 Å². The molecule has 1 unspecified atom stereocenters. The molecule has 1 N–H and O–H groups in total. The highest BCUT2D eigenvalue weighted by molar-refractivity contribution is 7.48. The SMILES string of the molecule is CC(C)(C)Cc1ccc(-c2ccc(OP(=O)(O)Oc3ccccc3)cc2)cc1. The topological polar surface area (TPSA) is 55.8 Å². The Kier molecular flexibility index (Phi) is 5.93. The van der Waals surface area contributed by atoms with Gasteiger partial charge in [0, 0.05) is 0 Å². The van der Waals surface area contributed by atoms with Crippen molar-refractivity contribution in [2.45, 2.75) is 27.2 Å². The van der Waals surface area contributed by atoms with Crippen molar-refractivity contribution in [3.05, 3.63) is 84.4 Å². The third-order valence-corrected chi connectivity index (χ3v) is 4.94. The quantitative estimate of drug-likeness (QED) is 0.483. The maximum Gasteiger partial charge on any atom is 0.584 e. The first-order valence-electron chi connectivity index (χ1n) is 9.17. The van der Waals surface area contributed by atoms with Crippen LogP contribution in [0.25, 0.3) is 11.1 Å². The highest BCUT2D eigenvalue weighted by Gasteiger charge is 2.24. The Labute approximate surface area is 166 Å². The Bertz CT molecular complexity index is 943. The molecule has 0 heterocycles. The molecular formula is C23H25O4P. The zero-order valence-electron chi connectivity index (χ0n) is 16.3. The van der Waals surface area contributed by atoms with Gasteiger partial charge < -0.3 is 9.05 Å². The van der Waals surface area contributed by atoms with Crippen molar-refractivity contribution in [2.75, 3.05) is 0 Å². The molecule has 0 amide bonds. The molecule has 0 saturated carbocycles. The molecule has 0 aliphatic heterocycles. The average molecular weight is 396 g/mol. The van der Waals surface area contributed by atoms with Crippen LogP contribution in [0.3, 0.4) is 0 Å². The minimum Gasteiger partial charge on any atom is -0.395 e. The van der Waals surface area contributed by atoms with Gasteiger partial charge in [0.25, 0.3) is 0 Å². The number of para-hydroxylation sites is 1. The summed E-state index contributed by atoms with van der Waals surface area (Å²) in [5.74, 6) is 0.551. The minimum atomic E-state index is -4.25. The van der Waals surface area contributed by atoms with E-state index in [1.165, 1.54) is 5.56 Å². The lowest BCUT2D eigenvalue weighted by Gasteiger charge is -2.18. The first-order chi connectivity index (χ1) is 13.2. The van der Waals surface area contributed by atoms with Gasteiger partial charge in [-0.15, -0.1) is 0 Å². The fraction of sp³-hybridized carbons (Fsp3) is 0.217. The van der Waals surface area contributed by atoms with E-state index in [0.29, 0.717) is 0 Å². The third kappa shape index (κ3) is 5.98. The zero-order chi connectivity index (χ0) is 20.2. The molecule has 4 nitrogen and oxygen atoms in total. The molecule has 3 rings (SSSR count). The van der Waals surface area contributed by atoms with Gasteiger partial charge in [-0.25, -0.2) is 4.57 Å². The van der Waals surface area contributed by atoms with Crippen LogP contribution < -0.4 is 9.05 Å². The fourth-order valence-electron chi connectivity index (χ4n) is 2.90. The lowest BCUT2D eigenvalue weighted by atomic mass is 9.87. The summed E-state index contributed by atoms with van der Waals surface area (Å²) >= 11 is 0. The second-order valence-electron chi connectivity index (χ2n) is 7.92. The van der Waals surface area contributed by atoms with Crippen LogP contribution in [0.5, 0.6) is 11.5 Å². The number of hydrogen-bond acceptors (Lipinski definition) is 3. The van der Waals surface area contributed by atoms with Crippen LogP contribution in [0.2, 0.25) is 0 Å². The number of rotatable bonds is 6. The molecule has 146 valence electrons. The molecule has 0 aliphatic rings. The first kappa shape index (κ1) is 20.2. The largest absolute Gasteiger partial charge is 0.584 e. The Morgan fingerprint density at radius 1 is 0.750 bits per heavy atom. The summed E-state index contributed by atoms with van der Waals surface area (Å²) < 4.78 is 22.4. The lowest BCUT2D eigenvalue weighted by molar-refractivity contribution is 0.291. The number of phosphoric acid groups is 1. The van der Waals surface area contributed by atoms with Gasteiger partial charge in [0.1, 0.15) is 11.5 Å². The molecule has 0 fully saturated rings. The molecule has 28 heavy (non-hydrogen) atoms. The monoisotopic (exact) mass is 396 g/mol. The van der Waals surface area contributed by atoms with Crippen molar-refractivity contribution in [1.29, 1.82) is 0 Å². The molecule has 0 aliphatic carbocycles. The van der Waals surface area contributed by atoms with Crippen LogP contribution in [0.4, 0.5) is 0 Å². The maximum atomic E-state index is 12.2. The molecule has 5 heteroatoms. The normalized spacial score (nSPS) is 13.6. The Balaban J connectivity index is 1.67. The fourth-order valence-corrected chi connectivity index (χ4v) is 3.72. The van der Waals surface area contributed by atoms with Gasteiger partial charge in [-0.05, 0) is 52.8 Å². The number of benzene rings is 3. The van der Waals surface area contributed by atoms with E-state index in [4.69, 9.17) is 9.05 Å². The smallest absolute Gasteiger partial charge is 0.395 e. The molecule has 1 atom stereocenters. The van der Waals surface area contributed by atoms with Crippen molar-refractivity contribution in [3.8, 4) is 22.6 Å². The summed E-state index contributed by atoms with van der Waals surface area (Å²) in [6, 6.07) is 23.9. The highest BCUT2D eigenvalue weighted by Crippen LogP contribution is 2.44. The van der Waals surface area contributed by atoms with Gasteiger partial charge >= 0.3 is 7.82 Å². The van der Waals surface area contributed by atoms with E-state index in [1.54, 1.807) is 42.5 Å². The molecular weight excluding hydrogens is 371 g/mol. The Hall–Kier alpha value is -2.55. The van der Waals surface area contributed by atoms with Gasteiger partial charge in [-0.2, -0.15) is 0 Å². The maximum absolute atomic E-state index is 12.2. The predicted molar refractivity (Wildman–Crippen MR) is 113 cm³/mol. The van der Waals surface area contributed by atoms with Crippen molar-refractivity contribution >= 4 is 7.82 Å². The van der Waals surface area contributed by atoms with Gasteiger partial charge in [-0.1, -0.05) is 75.4 Å². The van der Waals surface area contributed by atoms with Crippen molar-refractivity contribution < 1.29 is 18.5 Å². The Morgan fingerprint density at radius 3 is 1.71 bits per heavy atom. The number of hydrogen-bond donors (Lipinski definition) is 1.